The second kappa shape index (κ2) is 13.9. The van der Waals surface area contributed by atoms with Gasteiger partial charge < -0.3 is 14.7 Å². The number of nitrogens with zero attached hydrogens (tertiary/aromatic N) is 1. The number of likely N-dealkylation sites (tertiary alicyclic amines) is 1. The Morgan fingerprint density at radius 3 is 1.84 bits per heavy atom. The van der Waals surface area contributed by atoms with Crippen molar-refractivity contribution in [3.05, 3.63) is 65.5 Å². The maximum atomic E-state index is 14.6. The van der Waals surface area contributed by atoms with Gasteiger partial charge in [0.1, 0.15) is 10.6 Å². The summed E-state index contributed by atoms with van der Waals surface area (Å²) in [6, 6.07) is 6.20. The van der Waals surface area contributed by atoms with Crippen molar-refractivity contribution < 1.29 is 67.4 Å². The second-order valence-corrected chi connectivity index (χ2v) is 16.0. The van der Waals surface area contributed by atoms with Gasteiger partial charge in [0.15, 0.2) is 9.84 Å². The molecule has 1 atom stereocenters. The van der Waals surface area contributed by atoms with Gasteiger partial charge in [0.2, 0.25) is 11.8 Å². The van der Waals surface area contributed by atoms with E-state index in [1.165, 1.54) is 4.90 Å². The van der Waals surface area contributed by atoms with Crippen LogP contribution in [0.5, 0.6) is 0 Å². The van der Waals surface area contributed by atoms with Crippen LogP contribution in [0.1, 0.15) is 68.9 Å². The summed E-state index contributed by atoms with van der Waals surface area (Å²) in [6.45, 7) is -1.81. The second-order valence-electron chi connectivity index (χ2n) is 13.7. The monoisotopic (exact) mass is 757 g/mol. The highest BCUT2D eigenvalue weighted by molar-refractivity contribution is 7.92. The zero-order valence-corrected chi connectivity index (χ0v) is 27.9. The van der Waals surface area contributed by atoms with Gasteiger partial charge in [-0.25, -0.2) is 21.6 Å². The van der Waals surface area contributed by atoms with Crippen LogP contribution in [0.2, 0.25) is 0 Å². The molecule has 1 saturated heterocycles. The lowest BCUT2D eigenvalue weighted by Gasteiger charge is -2.39. The number of carbonyl (C=O) groups is 2. The predicted molar refractivity (Wildman–Crippen MR) is 163 cm³/mol. The highest BCUT2D eigenvalue weighted by Crippen LogP contribution is 2.54. The molecule has 2 aromatic rings. The molecule has 1 aliphatic heterocycles. The fourth-order valence-corrected chi connectivity index (χ4v) is 9.60. The van der Waals surface area contributed by atoms with Crippen molar-refractivity contribution in [3.63, 3.8) is 0 Å². The van der Waals surface area contributed by atoms with Crippen LogP contribution < -0.4 is 0 Å². The Morgan fingerprint density at radius 1 is 0.804 bits per heavy atom. The van der Waals surface area contributed by atoms with Gasteiger partial charge in [-0.05, 0) is 80.7 Å². The van der Waals surface area contributed by atoms with E-state index in [-0.39, 0.29) is 57.1 Å². The first-order valence-electron chi connectivity index (χ1n) is 16.4. The number of alkyl halides is 8. The molecule has 0 spiro atoms. The molecule has 17 heteroatoms. The third kappa shape index (κ3) is 7.33. The number of ether oxygens (including phenoxy) is 1. The van der Waals surface area contributed by atoms with Gasteiger partial charge in [-0.3, -0.25) is 9.59 Å². The molecule has 2 aliphatic carbocycles. The number of amides is 1. The van der Waals surface area contributed by atoms with Crippen LogP contribution in [0.3, 0.4) is 0 Å². The van der Waals surface area contributed by atoms with Crippen molar-refractivity contribution in [1.29, 1.82) is 0 Å². The Hall–Kier alpha value is -3.34. The minimum atomic E-state index is -6.08. The number of carboxylic acids is 1. The quantitative estimate of drug-likeness (QED) is 0.207. The number of hydrogen-bond donors (Lipinski definition) is 1. The lowest BCUT2D eigenvalue weighted by molar-refractivity contribution is -0.391. The molecule has 0 unspecified atom stereocenters. The molecule has 0 bridgehead atoms. The van der Waals surface area contributed by atoms with Crippen LogP contribution in [0.4, 0.5) is 39.5 Å². The lowest BCUT2D eigenvalue weighted by atomic mass is 9.81. The molecule has 0 radical (unpaired) electrons. The van der Waals surface area contributed by atoms with Crippen molar-refractivity contribution in [2.24, 2.45) is 17.8 Å². The maximum Gasteiger partial charge on any atom is 0.430 e. The van der Waals surface area contributed by atoms with E-state index in [9.17, 15) is 62.6 Å². The molecular weight excluding hydrogens is 721 g/mol. The number of benzene rings is 2. The summed E-state index contributed by atoms with van der Waals surface area (Å²) in [6.07, 6.45) is -13.7. The molecule has 3 aliphatic rings. The van der Waals surface area contributed by atoms with Gasteiger partial charge in [-0.1, -0.05) is 24.3 Å². The number of halogens is 9. The standard InChI is InChI=1S/C34H36F9NO6S/c35-26-9-11-27(12-10-26)51(48,49)30(17-18-44(20-30)28(45)22-1-3-23(4-2-22)29(46)47)24-5-7-25(8-6-24)32(33(38,39)40,34(41,42)43)50-19-21-13-15-31(36,37)16-14-21/h5-12,21-23H,1-4,13-20H2,(H,46,47)/t22-,23-,30-/m0/s1. The Labute approximate surface area is 288 Å². The molecule has 282 valence electrons. The Kier molecular flexibility index (Phi) is 10.6. The molecule has 51 heavy (non-hydrogen) atoms. The summed E-state index contributed by atoms with van der Waals surface area (Å²) in [4.78, 5) is 25.8. The van der Waals surface area contributed by atoms with E-state index in [1.54, 1.807) is 0 Å². The number of sulfone groups is 1. The van der Waals surface area contributed by atoms with E-state index >= 15 is 0 Å². The number of carboxylic acid groups (broad SMARTS) is 1. The maximum absolute atomic E-state index is 14.6. The van der Waals surface area contributed by atoms with E-state index in [0.29, 0.717) is 12.1 Å². The Balaban J connectivity index is 1.51. The summed E-state index contributed by atoms with van der Waals surface area (Å²) in [7, 11) is -4.60. The van der Waals surface area contributed by atoms with Crippen LogP contribution in [0.25, 0.3) is 0 Å². The molecule has 2 saturated carbocycles. The van der Waals surface area contributed by atoms with Gasteiger partial charge >= 0.3 is 18.3 Å². The van der Waals surface area contributed by atoms with Crippen molar-refractivity contribution in [1.82, 2.24) is 4.90 Å². The van der Waals surface area contributed by atoms with Crippen molar-refractivity contribution >= 4 is 21.7 Å². The first kappa shape index (κ1) is 38.9. The van der Waals surface area contributed by atoms with Gasteiger partial charge in [-0.15, -0.1) is 0 Å². The normalized spacial score (nSPS) is 25.2. The van der Waals surface area contributed by atoms with E-state index in [4.69, 9.17) is 4.74 Å². The first-order chi connectivity index (χ1) is 23.6. The minimum Gasteiger partial charge on any atom is -0.481 e. The predicted octanol–water partition coefficient (Wildman–Crippen LogP) is 7.78. The van der Waals surface area contributed by atoms with Crippen LogP contribution in [-0.2, 0) is 34.5 Å². The SMILES string of the molecule is O=C(O)[C@H]1CC[C@H](C(=O)N2CC[C@](c3ccc(C(OCC4CCC(F)(F)CC4)(C(F)(F)F)C(F)(F)F)cc3)(S(=O)(=O)c3ccc(F)cc3)C2)CC1. The topological polar surface area (TPSA) is 101 Å². The Morgan fingerprint density at radius 2 is 1.33 bits per heavy atom. The molecule has 5 rings (SSSR count). The molecule has 7 nitrogen and oxygen atoms in total. The molecule has 1 N–H and O–H groups in total. The average Bonchev–Trinajstić information content (AvgIpc) is 3.52. The molecule has 2 aromatic carbocycles. The number of aliphatic carboxylic acids is 1. The molecule has 0 aromatic heterocycles. The Bertz CT molecular complexity index is 1660. The average molecular weight is 758 g/mol. The minimum absolute atomic E-state index is 0.154. The molecule has 3 fully saturated rings. The number of rotatable bonds is 9. The third-order valence-electron chi connectivity index (χ3n) is 10.6. The van der Waals surface area contributed by atoms with E-state index in [2.05, 4.69) is 0 Å². The van der Waals surface area contributed by atoms with E-state index in [1.807, 2.05) is 0 Å². The van der Waals surface area contributed by atoms with Crippen LogP contribution in [0, 0.1) is 23.6 Å². The smallest absolute Gasteiger partial charge is 0.430 e. The summed E-state index contributed by atoms with van der Waals surface area (Å²) in [5.74, 6) is -7.58. The summed E-state index contributed by atoms with van der Waals surface area (Å²) in [5, 5.41) is 9.31. The number of carbonyl (C=O) groups excluding carboxylic acids is 1. The first-order valence-corrected chi connectivity index (χ1v) is 17.9. The fourth-order valence-electron chi connectivity index (χ4n) is 7.52. The van der Waals surface area contributed by atoms with Crippen molar-refractivity contribution in [2.75, 3.05) is 19.7 Å². The van der Waals surface area contributed by atoms with Crippen LogP contribution in [0.15, 0.2) is 53.4 Å². The van der Waals surface area contributed by atoms with E-state index < -0.39 is 110 Å². The zero-order chi connectivity index (χ0) is 37.6. The summed E-state index contributed by atoms with van der Waals surface area (Å²) in [5.41, 5.74) is -6.52. The van der Waals surface area contributed by atoms with Crippen LogP contribution >= 0.6 is 0 Å². The highest BCUT2D eigenvalue weighted by Gasteiger charge is 2.73. The zero-order valence-electron chi connectivity index (χ0n) is 27.1. The highest BCUT2D eigenvalue weighted by atomic mass is 32.2. The molecule has 1 amide bonds. The lowest BCUT2D eigenvalue weighted by Crippen LogP contribution is -2.56. The van der Waals surface area contributed by atoms with Gasteiger partial charge in [0.25, 0.3) is 5.60 Å². The van der Waals surface area contributed by atoms with E-state index in [0.717, 1.165) is 36.4 Å². The number of hydrogen-bond acceptors (Lipinski definition) is 5. The van der Waals surface area contributed by atoms with Gasteiger partial charge in [-0.2, -0.15) is 26.3 Å². The van der Waals surface area contributed by atoms with Crippen molar-refractivity contribution in [2.45, 2.75) is 91.3 Å². The third-order valence-corrected chi connectivity index (χ3v) is 13.1. The fraction of sp³-hybridized carbons (Fsp3) is 0.588. The van der Waals surface area contributed by atoms with Crippen LogP contribution in [-0.4, -0.2) is 68.3 Å². The van der Waals surface area contributed by atoms with Crippen molar-refractivity contribution in [3.8, 4) is 0 Å². The van der Waals surface area contributed by atoms with Gasteiger partial charge in [0, 0.05) is 37.4 Å². The molecular formula is C34H36F9NO6S. The summed E-state index contributed by atoms with van der Waals surface area (Å²) < 4.78 is 160. The largest absolute Gasteiger partial charge is 0.481 e. The van der Waals surface area contributed by atoms with Gasteiger partial charge in [0.05, 0.1) is 17.4 Å². The summed E-state index contributed by atoms with van der Waals surface area (Å²) >= 11 is 0. The molecule has 1 heterocycles.